The predicted octanol–water partition coefficient (Wildman–Crippen LogP) is 3.78. The summed E-state index contributed by atoms with van der Waals surface area (Å²) in [5, 5.41) is 13.5. The molecule has 31 heavy (non-hydrogen) atoms. The van der Waals surface area contributed by atoms with Gasteiger partial charge in [-0.3, -0.25) is 4.79 Å². The third kappa shape index (κ3) is 6.30. The Hall–Kier alpha value is -4.39. The molecule has 3 aromatic rings. The Morgan fingerprint density at radius 3 is 2.23 bits per heavy atom. The fourth-order valence-corrected chi connectivity index (χ4v) is 2.54. The number of hydrogen-bond acceptors (Lipinski definition) is 6. The molecule has 2 N–H and O–H groups in total. The quantitative estimate of drug-likeness (QED) is 0.201. The lowest BCUT2D eigenvalue weighted by Gasteiger charge is -2.03. The van der Waals surface area contributed by atoms with Crippen LogP contribution in [-0.4, -0.2) is 30.3 Å². The highest BCUT2D eigenvalue weighted by Crippen LogP contribution is 2.16. The number of esters is 1. The van der Waals surface area contributed by atoms with Crippen LogP contribution in [0.25, 0.3) is 6.08 Å². The lowest BCUT2D eigenvalue weighted by Crippen LogP contribution is -2.17. The van der Waals surface area contributed by atoms with Gasteiger partial charge in [-0.2, -0.15) is 5.10 Å². The molecular weight excluding hydrogens is 396 g/mol. The van der Waals surface area contributed by atoms with E-state index in [0.717, 1.165) is 11.3 Å². The number of aromatic hydroxyl groups is 1. The molecule has 156 valence electrons. The van der Waals surface area contributed by atoms with Crippen LogP contribution in [0.2, 0.25) is 0 Å². The number of benzene rings is 3. The van der Waals surface area contributed by atoms with Crippen molar-refractivity contribution in [1.29, 1.82) is 0 Å². The maximum absolute atomic E-state index is 12.0. The van der Waals surface area contributed by atoms with E-state index in [4.69, 9.17) is 9.47 Å². The van der Waals surface area contributed by atoms with E-state index in [0.29, 0.717) is 11.3 Å². The number of nitrogens with zero attached hydrogens (tertiary/aromatic N) is 1. The summed E-state index contributed by atoms with van der Waals surface area (Å²) in [5.74, 6) is -0.0426. The van der Waals surface area contributed by atoms with Crippen molar-refractivity contribution in [3.63, 3.8) is 0 Å². The van der Waals surface area contributed by atoms with Crippen LogP contribution in [0.5, 0.6) is 17.2 Å². The third-order valence-corrected chi connectivity index (χ3v) is 4.15. The molecule has 3 rings (SSSR count). The van der Waals surface area contributed by atoms with Crippen LogP contribution in [0.3, 0.4) is 0 Å². The van der Waals surface area contributed by atoms with Crippen molar-refractivity contribution in [3.8, 4) is 17.2 Å². The molecule has 0 atom stereocenters. The number of phenolic OH excluding ortho intramolecular Hbond substituents is 1. The van der Waals surface area contributed by atoms with Gasteiger partial charge < -0.3 is 14.6 Å². The fraction of sp³-hybridized carbons (Fsp3) is 0.0417. The summed E-state index contributed by atoms with van der Waals surface area (Å²) in [4.78, 5) is 23.9. The summed E-state index contributed by atoms with van der Waals surface area (Å²) in [6.07, 6.45) is 4.43. The molecule has 0 aliphatic heterocycles. The molecule has 0 aliphatic carbocycles. The Morgan fingerprint density at radius 1 is 0.903 bits per heavy atom. The van der Waals surface area contributed by atoms with Gasteiger partial charge >= 0.3 is 5.97 Å². The van der Waals surface area contributed by atoms with E-state index in [-0.39, 0.29) is 11.3 Å². The average molecular weight is 416 g/mol. The standard InChI is InChI=1S/C24H20N2O5/c1-30-19-11-6-17(7-12-19)10-15-23(28)31-20-13-8-18(9-14-20)16-25-26-24(29)21-4-2-3-5-22(21)27/h2-16,27H,1H3,(H,26,29)/b15-10+,25-16-. The number of carbonyl (C=O) groups is 2. The molecule has 0 unspecified atom stereocenters. The Labute approximate surface area is 179 Å². The van der Waals surface area contributed by atoms with Gasteiger partial charge in [0.2, 0.25) is 0 Å². The maximum Gasteiger partial charge on any atom is 0.336 e. The summed E-state index contributed by atoms with van der Waals surface area (Å²) in [6, 6.07) is 20.0. The summed E-state index contributed by atoms with van der Waals surface area (Å²) in [7, 11) is 1.59. The van der Waals surface area contributed by atoms with Crippen LogP contribution < -0.4 is 14.9 Å². The smallest absolute Gasteiger partial charge is 0.336 e. The number of phenols is 1. The molecule has 0 radical (unpaired) electrons. The number of hydrogen-bond donors (Lipinski definition) is 2. The van der Waals surface area contributed by atoms with Gasteiger partial charge in [-0.1, -0.05) is 24.3 Å². The lowest BCUT2D eigenvalue weighted by molar-refractivity contribution is -0.128. The first kappa shape index (κ1) is 21.3. The van der Waals surface area contributed by atoms with Gasteiger partial charge in [-0.05, 0) is 65.7 Å². The predicted molar refractivity (Wildman–Crippen MR) is 117 cm³/mol. The van der Waals surface area contributed by atoms with Gasteiger partial charge in [0.15, 0.2) is 0 Å². The summed E-state index contributed by atoms with van der Waals surface area (Å²) >= 11 is 0. The molecule has 7 nitrogen and oxygen atoms in total. The van der Waals surface area contributed by atoms with Crippen LogP contribution in [-0.2, 0) is 4.79 Å². The second kappa shape index (κ2) is 10.4. The van der Waals surface area contributed by atoms with E-state index < -0.39 is 11.9 Å². The molecule has 0 spiro atoms. The zero-order chi connectivity index (χ0) is 22.1. The zero-order valence-corrected chi connectivity index (χ0v) is 16.7. The van der Waals surface area contributed by atoms with Crippen LogP contribution >= 0.6 is 0 Å². The van der Waals surface area contributed by atoms with E-state index >= 15 is 0 Å². The SMILES string of the molecule is COc1ccc(/C=C/C(=O)Oc2ccc(/C=N\NC(=O)c3ccccc3O)cc2)cc1. The maximum atomic E-state index is 12.0. The normalized spacial score (nSPS) is 10.9. The van der Waals surface area contributed by atoms with Crippen molar-refractivity contribution < 1.29 is 24.2 Å². The highest BCUT2D eigenvalue weighted by Gasteiger charge is 2.08. The number of para-hydroxylation sites is 1. The van der Waals surface area contributed by atoms with Gasteiger partial charge in [0, 0.05) is 6.08 Å². The first-order valence-electron chi connectivity index (χ1n) is 9.30. The van der Waals surface area contributed by atoms with Gasteiger partial charge in [-0.15, -0.1) is 0 Å². The first-order valence-corrected chi connectivity index (χ1v) is 9.30. The molecule has 7 heteroatoms. The fourth-order valence-electron chi connectivity index (χ4n) is 2.54. The average Bonchev–Trinajstić information content (AvgIpc) is 2.79. The molecule has 0 heterocycles. The second-order valence-electron chi connectivity index (χ2n) is 6.31. The minimum Gasteiger partial charge on any atom is -0.507 e. The van der Waals surface area contributed by atoms with Gasteiger partial charge in [0.1, 0.15) is 17.2 Å². The lowest BCUT2D eigenvalue weighted by atomic mass is 10.2. The van der Waals surface area contributed by atoms with E-state index in [2.05, 4.69) is 10.5 Å². The third-order valence-electron chi connectivity index (χ3n) is 4.15. The summed E-state index contributed by atoms with van der Waals surface area (Å²) in [6.45, 7) is 0. The molecule has 0 bridgehead atoms. The Morgan fingerprint density at radius 2 is 1.55 bits per heavy atom. The molecule has 0 aliphatic rings. The van der Waals surface area contributed by atoms with E-state index in [1.165, 1.54) is 24.4 Å². The van der Waals surface area contributed by atoms with Crippen LogP contribution in [0.4, 0.5) is 0 Å². The van der Waals surface area contributed by atoms with Crippen LogP contribution in [0, 0.1) is 0 Å². The number of rotatable bonds is 7. The monoisotopic (exact) mass is 416 g/mol. The molecule has 0 fully saturated rings. The highest BCUT2D eigenvalue weighted by molar-refractivity contribution is 5.97. The molecular formula is C24H20N2O5. The van der Waals surface area contributed by atoms with E-state index in [1.807, 2.05) is 12.1 Å². The number of nitrogens with one attached hydrogen (secondary N) is 1. The van der Waals surface area contributed by atoms with Gasteiger partial charge in [0.25, 0.3) is 5.91 Å². The molecule has 3 aromatic carbocycles. The number of ether oxygens (including phenoxy) is 2. The van der Waals surface area contributed by atoms with Gasteiger partial charge in [0.05, 0.1) is 18.9 Å². The second-order valence-corrected chi connectivity index (χ2v) is 6.31. The number of carbonyl (C=O) groups excluding carboxylic acids is 2. The van der Waals surface area contributed by atoms with E-state index in [1.54, 1.807) is 61.7 Å². The molecule has 1 amide bonds. The molecule has 0 saturated carbocycles. The van der Waals surface area contributed by atoms with Crippen molar-refractivity contribution in [2.24, 2.45) is 5.10 Å². The highest BCUT2D eigenvalue weighted by atomic mass is 16.5. The minimum absolute atomic E-state index is 0.123. The minimum atomic E-state index is -0.524. The number of methoxy groups -OCH3 is 1. The summed E-state index contributed by atoms with van der Waals surface area (Å²) < 4.78 is 10.3. The first-order chi connectivity index (χ1) is 15.0. The van der Waals surface area contributed by atoms with Crippen molar-refractivity contribution in [3.05, 3.63) is 95.6 Å². The Bertz CT molecular complexity index is 1100. The topological polar surface area (TPSA) is 97.2 Å². The Kier molecular flexibility index (Phi) is 7.16. The van der Waals surface area contributed by atoms with E-state index in [9.17, 15) is 14.7 Å². The summed E-state index contributed by atoms with van der Waals surface area (Å²) in [5.41, 5.74) is 4.00. The number of hydrazone groups is 1. The zero-order valence-electron chi connectivity index (χ0n) is 16.7. The number of amides is 1. The van der Waals surface area contributed by atoms with Crippen LogP contribution in [0.1, 0.15) is 21.5 Å². The van der Waals surface area contributed by atoms with Crippen molar-refractivity contribution in [2.45, 2.75) is 0 Å². The molecule has 0 saturated heterocycles. The largest absolute Gasteiger partial charge is 0.507 e. The molecule has 0 aromatic heterocycles. The van der Waals surface area contributed by atoms with Crippen molar-refractivity contribution in [1.82, 2.24) is 5.43 Å². The van der Waals surface area contributed by atoms with Crippen molar-refractivity contribution >= 4 is 24.2 Å². The van der Waals surface area contributed by atoms with Crippen LogP contribution in [0.15, 0.2) is 84.0 Å². The van der Waals surface area contributed by atoms with Crippen molar-refractivity contribution in [2.75, 3.05) is 7.11 Å². The van der Waals surface area contributed by atoms with Gasteiger partial charge in [-0.25, -0.2) is 10.2 Å². The Balaban J connectivity index is 1.51.